The summed E-state index contributed by atoms with van der Waals surface area (Å²) >= 11 is 12.2. The van der Waals surface area contributed by atoms with E-state index < -0.39 is 41.4 Å². The number of ether oxygens (including phenoxy) is 1. The maximum Gasteiger partial charge on any atom is 0.499 e. The van der Waals surface area contributed by atoms with Crippen molar-refractivity contribution >= 4 is 57.5 Å². The average molecular weight is 749 g/mol. The van der Waals surface area contributed by atoms with Gasteiger partial charge in [0.1, 0.15) is 12.1 Å². The van der Waals surface area contributed by atoms with Gasteiger partial charge in [-0.05, 0) is 66.2 Å². The second-order valence-corrected chi connectivity index (χ2v) is 12.2. The van der Waals surface area contributed by atoms with Gasteiger partial charge in [0.2, 0.25) is 5.91 Å². The van der Waals surface area contributed by atoms with Crippen molar-refractivity contribution in [3.63, 3.8) is 0 Å². The van der Waals surface area contributed by atoms with Gasteiger partial charge in [-0.15, -0.1) is 5.10 Å². The molecular weight excluding hydrogens is 728 g/mol. The van der Waals surface area contributed by atoms with Crippen molar-refractivity contribution in [2.45, 2.75) is 31.3 Å². The van der Waals surface area contributed by atoms with Crippen LogP contribution < -0.4 is 15.0 Å². The van der Waals surface area contributed by atoms with Gasteiger partial charge in [0.15, 0.2) is 16.1 Å². The summed E-state index contributed by atoms with van der Waals surface area (Å²) in [5, 5.41) is 7.23. The maximum absolute atomic E-state index is 13.7. The molecule has 1 unspecified atom stereocenters. The molecule has 0 radical (unpaired) electrons. The molecule has 1 aliphatic rings. The van der Waals surface area contributed by atoms with Crippen molar-refractivity contribution in [2.75, 3.05) is 17.2 Å². The number of carbonyl (C=O) groups is 1. The van der Waals surface area contributed by atoms with Crippen LogP contribution >= 0.6 is 35.6 Å². The molecule has 19 heteroatoms. The number of nitrogens with zero attached hydrogens (tertiary/aromatic N) is 5. The van der Waals surface area contributed by atoms with Crippen molar-refractivity contribution in [3.05, 3.63) is 89.2 Å². The van der Waals surface area contributed by atoms with Crippen LogP contribution in [0, 0.1) is 0 Å². The second kappa shape index (κ2) is 13.9. The molecule has 0 spiro atoms. The number of amides is 1. The Morgan fingerprint density at radius 3 is 2.35 bits per heavy atom. The summed E-state index contributed by atoms with van der Waals surface area (Å²) in [4.78, 5) is 21.9. The Morgan fingerprint density at radius 2 is 1.71 bits per heavy atom. The molecule has 2 heterocycles. The molecule has 5 rings (SSSR count). The zero-order valence-electron chi connectivity index (χ0n) is 24.7. The number of carbonyl (C=O) groups excluding carboxylic acids is 1. The Labute approximate surface area is 287 Å². The summed E-state index contributed by atoms with van der Waals surface area (Å²) in [6.45, 7) is 2.18. The number of hydrogen-bond acceptors (Lipinski definition) is 6. The Kier molecular flexibility index (Phi) is 10.2. The number of rotatable bonds is 8. The first-order chi connectivity index (χ1) is 22.9. The van der Waals surface area contributed by atoms with Crippen LogP contribution in [0.25, 0.3) is 17.1 Å². The van der Waals surface area contributed by atoms with Crippen molar-refractivity contribution in [1.82, 2.24) is 20.1 Å². The average Bonchev–Trinajstić information content (AvgIpc) is 3.66. The predicted octanol–water partition coefficient (Wildman–Crippen LogP) is 8.25. The fraction of sp³-hybridized carbons (Fsp3) is 0.233. The van der Waals surface area contributed by atoms with E-state index in [1.54, 1.807) is 12.1 Å². The SMILES string of the molecule is CC(CNC(=S)N=C1SCC(=O)N1c1cc(Cl)ccc1C(F)(F)F)c1ccc(-c2ncn(-c3ccc(OC(F)(F)C(F)(F)F)cc3)n2)cc1. The molecule has 1 saturated heterocycles. The first-order valence-corrected chi connectivity index (χ1v) is 15.6. The van der Waals surface area contributed by atoms with Crippen LogP contribution in [0.15, 0.2) is 78.0 Å². The summed E-state index contributed by atoms with van der Waals surface area (Å²) in [6.07, 6.45) is -14.6. The highest BCUT2D eigenvalue weighted by atomic mass is 35.5. The monoisotopic (exact) mass is 748 g/mol. The van der Waals surface area contributed by atoms with Crippen LogP contribution in [0.3, 0.4) is 0 Å². The number of anilines is 1. The zero-order chi connectivity index (χ0) is 35.7. The minimum absolute atomic E-state index is 0.0136. The van der Waals surface area contributed by atoms with Gasteiger partial charge in [0, 0.05) is 17.1 Å². The molecule has 0 bridgehead atoms. The Balaban J connectivity index is 1.20. The molecule has 1 fully saturated rings. The van der Waals surface area contributed by atoms with E-state index in [9.17, 15) is 39.9 Å². The normalized spacial score (nSPS) is 15.5. The van der Waals surface area contributed by atoms with Gasteiger partial charge in [-0.1, -0.05) is 54.6 Å². The second-order valence-electron chi connectivity index (χ2n) is 10.4. The summed E-state index contributed by atoms with van der Waals surface area (Å²) in [5.41, 5.74) is 0.341. The number of thioether (sulfide) groups is 1. The molecule has 0 saturated carbocycles. The maximum atomic E-state index is 13.7. The van der Waals surface area contributed by atoms with Crippen LogP contribution in [0.5, 0.6) is 5.75 Å². The highest BCUT2D eigenvalue weighted by Gasteiger charge is 2.61. The number of aromatic nitrogens is 3. The van der Waals surface area contributed by atoms with Gasteiger partial charge < -0.3 is 10.1 Å². The third-order valence-electron chi connectivity index (χ3n) is 6.94. The Morgan fingerprint density at radius 1 is 1.04 bits per heavy atom. The third-order valence-corrected chi connectivity index (χ3v) is 8.33. The van der Waals surface area contributed by atoms with Crippen molar-refractivity contribution in [2.24, 2.45) is 4.99 Å². The fourth-order valence-corrected chi connectivity index (χ4v) is 5.71. The van der Waals surface area contributed by atoms with E-state index in [1.807, 2.05) is 19.1 Å². The summed E-state index contributed by atoms with van der Waals surface area (Å²) in [6, 6.07) is 14.4. The molecular formula is C30H21ClF8N6O2S2. The molecule has 4 aromatic rings. The molecule has 1 atom stereocenters. The lowest BCUT2D eigenvalue weighted by Crippen LogP contribution is -2.41. The number of nitrogens with one attached hydrogen (secondary N) is 1. The van der Waals surface area contributed by atoms with Crippen molar-refractivity contribution < 1.29 is 44.7 Å². The zero-order valence-corrected chi connectivity index (χ0v) is 27.1. The first-order valence-electron chi connectivity index (χ1n) is 13.9. The third kappa shape index (κ3) is 8.30. The van der Waals surface area contributed by atoms with Gasteiger partial charge in [0.05, 0.1) is 22.7 Å². The number of aliphatic imine (C=N–C) groups is 1. The molecule has 1 aromatic heterocycles. The lowest BCUT2D eigenvalue weighted by Gasteiger charge is -2.21. The van der Waals surface area contributed by atoms with Gasteiger partial charge in [-0.3, -0.25) is 9.69 Å². The fourth-order valence-electron chi connectivity index (χ4n) is 4.45. The highest BCUT2D eigenvalue weighted by Crippen LogP contribution is 2.41. The molecule has 3 aromatic carbocycles. The standard InChI is InChI=1S/C30H21ClF8N6O2S2/c1-16(13-40-26(48)42-27-45(24(46)14-49-27)23-12-19(31)6-11-22(23)28(32,33)34)17-2-4-18(5-3-17)25-41-15-44(43-25)20-7-9-21(10-8-20)47-30(38,39)29(35,36)37/h2-12,15-16H,13-14H2,1H3,(H,40,48). The number of halogens is 9. The lowest BCUT2D eigenvalue weighted by molar-refractivity contribution is -0.360. The van der Waals surface area contributed by atoms with Gasteiger partial charge in [0.25, 0.3) is 0 Å². The number of thiocarbonyl (C=S) groups is 1. The Bertz CT molecular complexity index is 1880. The minimum atomic E-state index is -5.87. The molecule has 258 valence electrons. The van der Waals surface area contributed by atoms with Crippen LogP contribution in [0.1, 0.15) is 24.0 Å². The summed E-state index contributed by atoms with van der Waals surface area (Å²) < 4.78 is 110. The van der Waals surface area contributed by atoms with E-state index in [1.165, 1.54) is 23.1 Å². The summed E-state index contributed by atoms with van der Waals surface area (Å²) in [7, 11) is 0. The van der Waals surface area contributed by atoms with E-state index in [0.29, 0.717) is 23.6 Å². The summed E-state index contributed by atoms with van der Waals surface area (Å²) in [5.74, 6) is -1.24. The molecule has 1 N–H and O–H groups in total. The lowest BCUT2D eigenvalue weighted by atomic mass is 10.00. The Hall–Kier alpha value is -4.29. The molecule has 8 nitrogen and oxygen atoms in total. The molecule has 1 aliphatic heterocycles. The van der Waals surface area contributed by atoms with Gasteiger partial charge >= 0.3 is 18.5 Å². The van der Waals surface area contributed by atoms with Crippen molar-refractivity contribution in [3.8, 4) is 22.8 Å². The molecule has 49 heavy (non-hydrogen) atoms. The van der Waals surface area contributed by atoms with Crippen molar-refractivity contribution in [1.29, 1.82) is 0 Å². The number of alkyl halides is 8. The highest BCUT2D eigenvalue weighted by molar-refractivity contribution is 8.15. The van der Waals surface area contributed by atoms with Crippen LogP contribution in [0.4, 0.5) is 40.8 Å². The van der Waals surface area contributed by atoms with Gasteiger partial charge in [-0.2, -0.15) is 40.1 Å². The van der Waals surface area contributed by atoms with Crippen LogP contribution in [-0.2, 0) is 11.0 Å². The van der Waals surface area contributed by atoms with E-state index in [2.05, 4.69) is 25.1 Å². The molecule has 1 amide bonds. The topological polar surface area (TPSA) is 84.6 Å². The largest absolute Gasteiger partial charge is 0.499 e. The smallest absolute Gasteiger partial charge is 0.426 e. The first kappa shape index (κ1) is 36.0. The van der Waals surface area contributed by atoms with Crippen LogP contribution in [0.2, 0.25) is 5.02 Å². The van der Waals surface area contributed by atoms with E-state index in [4.69, 9.17) is 23.8 Å². The number of hydrogen-bond donors (Lipinski definition) is 1. The predicted molar refractivity (Wildman–Crippen MR) is 171 cm³/mol. The number of benzene rings is 3. The van der Waals surface area contributed by atoms with E-state index >= 15 is 0 Å². The van der Waals surface area contributed by atoms with Gasteiger partial charge in [-0.25, -0.2) is 9.67 Å². The van der Waals surface area contributed by atoms with E-state index in [0.717, 1.165) is 52.6 Å². The minimum Gasteiger partial charge on any atom is -0.426 e. The molecule has 0 aliphatic carbocycles. The van der Waals surface area contributed by atoms with Crippen LogP contribution in [-0.4, -0.2) is 55.5 Å². The number of amidine groups is 1. The quantitative estimate of drug-likeness (QED) is 0.144. The van der Waals surface area contributed by atoms with E-state index in [-0.39, 0.29) is 27.0 Å².